The predicted molar refractivity (Wildman–Crippen MR) is 88.3 cm³/mol. The summed E-state index contributed by atoms with van der Waals surface area (Å²) >= 11 is 7.08. The molecule has 2 N–H and O–H groups in total. The van der Waals surface area contributed by atoms with E-state index >= 15 is 0 Å². The van der Waals surface area contributed by atoms with Crippen molar-refractivity contribution >= 4 is 31.9 Å². The number of nitrogens with one attached hydrogen (secondary N) is 1. The molecular formula is C15H23Br2NO. The molecule has 1 rings (SSSR count). The normalized spacial score (nSPS) is 15.3. The van der Waals surface area contributed by atoms with Crippen LogP contribution in [0.2, 0.25) is 0 Å². The van der Waals surface area contributed by atoms with Gasteiger partial charge in [-0.25, -0.2) is 0 Å². The first-order chi connectivity index (χ1) is 8.75. The van der Waals surface area contributed by atoms with Crippen molar-refractivity contribution in [3.63, 3.8) is 0 Å². The molecule has 2 nitrogen and oxygen atoms in total. The first-order valence-electron chi connectivity index (χ1n) is 6.57. The largest absolute Gasteiger partial charge is 0.396 e. The third kappa shape index (κ3) is 5.18. The maximum Gasteiger partial charge on any atom is 0.0446 e. The zero-order chi connectivity index (χ0) is 14.6. The van der Waals surface area contributed by atoms with Gasteiger partial charge in [0.2, 0.25) is 0 Å². The number of aliphatic hydroxyl groups excluding tert-OH is 1. The molecule has 0 spiro atoms. The van der Waals surface area contributed by atoms with Crippen LogP contribution in [0.15, 0.2) is 27.1 Å². The molecule has 0 bridgehead atoms. The van der Waals surface area contributed by atoms with Gasteiger partial charge in [0, 0.05) is 27.6 Å². The lowest BCUT2D eigenvalue weighted by Gasteiger charge is -2.34. The lowest BCUT2D eigenvalue weighted by Crippen LogP contribution is -2.42. The summed E-state index contributed by atoms with van der Waals surface area (Å²) < 4.78 is 2.16. The van der Waals surface area contributed by atoms with E-state index in [-0.39, 0.29) is 24.1 Å². The minimum atomic E-state index is 0.124. The van der Waals surface area contributed by atoms with Crippen LogP contribution < -0.4 is 5.32 Å². The van der Waals surface area contributed by atoms with Crippen LogP contribution in [0, 0.1) is 5.41 Å². The number of hydrogen-bond donors (Lipinski definition) is 2. The molecule has 0 amide bonds. The fourth-order valence-corrected chi connectivity index (χ4v) is 3.53. The van der Waals surface area contributed by atoms with Gasteiger partial charge >= 0.3 is 0 Å². The molecule has 0 heterocycles. The second-order valence-electron chi connectivity index (χ2n) is 5.99. The van der Waals surface area contributed by atoms with Gasteiger partial charge in [0.1, 0.15) is 0 Å². The van der Waals surface area contributed by atoms with Crippen LogP contribution in [0.5, 0.6) is 0 Å². The topological polar surface area (TPSA) is 32.3 Å². The lowest BCUT2D eigenvalue weighted by atomic mass is 9.84. The second kappa shape index (κ2) is 7.21. The molecule has 0 aliphatic heterocycles. The highest BCUT2D eigenvalue weighted by atomic mass is 79.9. The first kappa shape index (κ1) is 17.2. The summed E-state index contributed by atoms with van der Waals surface area (Å²) in [6.07, 6.45) is 0.766. The molecule has 0 radical (unpaired) electrons. The molecule has 0 saturated carbocycles. The van der Waals surface area contributed by atoms with Gasteiger partial charge in [0.25, 0.3) is 0 Å². The Bertz CT molecular complexity index is 415. The Labute approximate surface area is 133 Å². The quantitative estimate of drug-likeness (QED) is 0.763. The van der Waals surface area contributed by atoms with Gasteiger partial charge in [-0.05, 0) is 36.5 Å². The molecule has 1 aromatic rings. The SMILES string of the molecule is CC(NC(CCO)C(C)(C)C)c1ccc(Br)cc1Br. The summed E-state index contributed by atoms with van der Waals surface area (Å²) in [5.74, 6) is 0. The number of aliphatic hydroxyl groups is 1. The van der Waals surface area contributed by atoms with Crippen molar-refractivity contribution in [2.24, 2.45) is 5.41 Å². The van der Waals surface area contributed by atoms with Crippen molar-refractivity contribution in [1.82, 2.24) is 5.32 Å². The number of halogens is 2. The molecule has 0 aliphatic carbocycles. The van der Waals surface area contributed by atoms with E-state index < -0.39 is 0 Å². The van der Waals surface area contributed by atoms with E-state index in [1.165, 1.54) is 5.56 Å². The van der Waals surface area contributed by atoms with E-state index in [0.717, 1.165) is 15.4 Å². The van der Waals surface area contributed by atoms with Gasteiger partial charge in [0.15, 0.2) is 0 Å². The van der Waals surface area contributed by atoms with Crippen molar-refractivity contribution in [2.75, 3.05) is 6.61 Å². The molecule has 0 aromatic heterocycles. The highest BCUT2D eigenvalue weighted by Crippen LogP contribution is 2.29. The van der Waals surface area contributed by atoms with Crippen molar-refractivity contribution in [3.05, 3.63) is 32.7 Å². The van der Waals surface area contributed by atoms with E-state index in [9.17, 15) is 5.11 Å². The van der Waals surface area contributed by atoms with Crippen LogP contribution in [0.1, 0.15) is 45.7 Å². The molecular weight excluding hydrogens is 370 g/mol. The van der Waals surface area contributed by atoms with E-state index in [1.807, 2.05) is 0 Å². The van der Waals surface area contributed by atoms with E-state index in [0.29, 0.717) is 0 Å². The maximum atomic E-state index is 9.22. The number of rotatable bonds is 5. The van der Waals surface area contributed by atoms with E-state index in [2.05, 4.69) is 83.1 Å². The molecule has 2 unspecified atom stereocenters. The highest BCUT2D eigenvalue weighted by Gasteiger charge is 2.26. The zero-order valence-electron chi connectivity index (χ0n) is 12.0. The smallest absolute Gasteiger partial charge is 0.0446 e. The summed E-state index contributed by atoms with van der Waals surface area (Å²) in [4.78, 5) is 0. The van der Waals surface area contributed by atoms with Crippen molar-refractivity contribution in [3.8, 4) is 0 Å². The summed E-state index contributed by atoms with van der Waals surface area (Å²) in [6.45, 7) is 8.96. The minimum absolute atomic E-state index is 0.124. The Morgan fingerprint density at radius 1 is 1.26 bits per heavy atom. The molecule has 0 saturated heterocycles. The van der Waals surface area contributed by atoms with Gasteiger partial charge in [-0.15, -0.1) is 0 Å². The molecule has 2 atom stereocenters. The Hall–Kier alpha value is 0.1000. The number of hydrogen-bond acceptors (Lipinski definition) is 2. The Morgan fingerprint density at radius 2 is 1.89 bits per heavy atom. The van der Waals surface area contributed by atoms with Crippen molar-refractivity contribution < 1.29 is 5.11 Å². The molecule has 4 heteroatoms. The van der Waals surface area contributed by atoms with Gasteiger partial charge in [-0.1, -0.05) is 58.7 Å². The molecule has 19 heavy (non-hydrogen) atoms. The minimum Gasteiger partial charge on any atom is -0.396 e. The van der Waals surface area contributed by atoms with Crippen molar-refractivity contribution in [2.45, 2.75) is 46.2 Å². The van der Waals surface area contributed by atoms with Crippen LogP contribution in [0.4, 0.5) is 0 Å². The average molecular weight is 393 g/mol. The second-order valence-corrected chi connectivity index (χ2v) is 7.76. The highest BCUT2D eigenvalue weighted by molar-refractivity contribution is 9.11. The third-order valence-electron chi connectivity index (χ3n) is 3.34. The summed E-state index contributed by atoms with van der Waals surface area (Å²) in [7, 11) is 0. The Balaban J connectivity index is 2.84. The van der Waals surface area contributed by atoms with Gasteiger partial charge < -0.3 is 10.4 Å². The molecule has 0 aliphatic rings. The molecule has 1 aromatic carbocycles. The summed E-state index contributed by atoms with van der Waals surface area (Å²) in [6, 6.07) is 6.74. The Kier molecular flexibility index (Phi) is 6.51. The van der Waals surface area contributed by atoms with Crippen LogP contribution in [0.25, 0.3) is 0 Å². The lowest BCUT2D eigenvalue weighted by molar-refractivity contribution is 0.188. The monoisotopic (exact) mass is 391 g/mol. The molecule has 0 fully saturated rings. The van der Waals surface area contributed by atoms with Crippen LogP contribution in [0.3, 0.4) is 0 Å². The predicted octanol–water partition coefficient (Wildman–Crippen LogP) is 4.66. The molecule has 108 valence electrons. The first-order valence-corrected chi connectivity index (χ1v) is 8.16. The standard InChI is InChI=1S/C15H23Br2NO/c1-10(12-6-5-11(16)9-13(12)17)18-14(7-8-19)15(2,3)4/h5-6,9-10,14,18-19H,7-8H2,1-4H3. The van der Waals surface area contributed by atoms with Crippen LogP contribution in [-0.2, 0) is 0 Å². The summed E-state index contributed by atoms with van der Waals surface area (Å²) in [5.41, 5.74) is 1.36. The van der Waals surface area contributed by atoms with Gasteiger partial charge in [-0.2, -0.15) is 0 Å². The maximum absolute atomic E-state index is 9.22. The zero-order valence-corrected chi connectivity index (χ0v) is 15.2. The van der Waals surface area contributed by atoms with E-state index in [4.69, 9.17) is 0 Å². The summed E-state index contributed by atoms with van der Waals surface area (Å²) in [5, 5.41) is 12.8. The fourth-order valence-electron chi connectivity index (χ4n) is 2.14. The van der Waals surface area contributed by atoms with Gasteiger partial charge in [0.05, 0.1) is 0 Å². The van der Waals surface area contributed by atoms with Crippen molar-refractivity contribution in [1.29, 1.82) is 0 Å². The third-order valence-corrected chi connectivity index (χ3v) is 4.52. The number of benzene rings is 1. The van der Waals surface area contributed by atoms with Crippen LogP contribution >= 0.6 is 31.9 Å². The average Bonchev–Trinajstić information content (AvgIpc) is 2.26. The Morgan fingerprint density at radius 3 is 2.37 bits per heavy atom. The van der Waals surface area contributed by atoms with Crippen LogP contribution in [-0.4, -0.2) is 17.8 Å². The fraction of sp³-hybridized carbons (Fsp3) is 0.600. The van der Waals surface area contributed by atoms with Gasteiger partial charge in [-0.3, -0.25) is 0 Å². The van der Waals surface area contributed by atoms with E-state index in [1.54, 1.807) is 0 Å².